The Balaban J connectivity index is 0.00000204. The zero-order valence-corrected chi connectivity index (χ0v) is 22.3. The van der Waals surface area contributed by atoms with Crippen molar-refractivity contribution in [3.8, 4) is 0 Å². The molecule has 2 aliphatic carbocycles. The molecule has 0 aromatic heterocycles. The maximum atomic E-state index is 12.8. The first-order valence-electron chi connectivity index (χ1n) is 13.4. The number of carbonyl (C=O) groups is 2. The number of piperidine rings is 1. The molecule has 2 saturated carbocycles. The normalized spacial score (nSPS) is 27.2. The number of urea groups is 1. The first-order valence-corrected chi connectivity index (χ1v) is 13.4. The summed E-state index contributed by atoms with van der Waals surface area (Å²) in [6.45, 7) is 5.93. The average Bonchev–Trinajstić information content (AvgIpc) is 2.85. The van der Waals surface area contributed by atoms with Gasteiger partial charge in [-0.05, 0) is 89.6 Å². The highest BCUT2D eigenvalue weighted by Gasteiger charge is 2.29. The van der Waals surface area contributed by atoms with Gasteiger partial charge in [-0.2, -0.15) is 0 Å². The molecule has 2 amide bonds. The summed E-state index contributed by atoms with van der Waals surface area (Å²) in [6.07, 6.45) is 14.1. The van der Waals surface area contributed by atoms with Crippen LogP contribution in [0.3, 0.4) is 0 Å². The number of amides is 2. The van der Waals surface area contributed by atoms with Crippen molar-refractivity contribution in [3.63, 3.8) is 0 Å². The van der Waals surface area contributed by atoms with E-state index in [9.17, 15) is 9.59 Å². The molecule has 2 saturated heterocycles. The largest absolute Gasteiger partial charge is 0.462 e. The number of nitrogens with one attached hydrogen (secondary N) is 2. The minimum atomic E-state index is -0.00374. The van der Waals surface area contributed by atoms with E-state index in [1.807, 2.05) is 4.90 Å². The van der Waals surface area contributed by atoms with E-state index in [0.29, 0.717) is 18.4 Å². The van der Waals surface area contributed by atoms with Gasteiger partial charge in [0, 0.05) is 44.7 Å². The van der Waals surface area contributed by atoms with Crippen molar-refractivity contribution in [2.75, 3.05) is 39.3 Å². The molecule has 4 aliphatic rings. The van der Waals surface area contributed by atoms with E-state index >= 15 is 0 Å². The van der Waals surface area contributed by atoms with Crippen LogP contribution in [0.2, 0.25) is 0 Å². The Bertz CT molecular complexity index is 599. The highest BCUT2D eigenvalue weighted by molar-refractivity contribution is 5.85. The number of rotatable bonds is 6. The quantitative estimate of drug-likeness (QED) is 0.515. The van der Waals surface area contributed by atoms with E-state index in [1.165, 1.54) is 32.1 Å². The molecular formula is C25H46Cl2N4O3. The van der Waals surface area contributed by atoms with Crippen LogP contribution in [0.1, 0.15) is 83.5 Å². The van der Waals surface area contributed by atoms with Crippen molar-refractivity contribution in [2.24, 2.45) is 5.92 Å². The molecule has 4 fully saturated rings. The van der Waals surface area contributed by atoms with Gasteiger partial charge in [-0.15, -0.1) is 24.8 Å². The lowest BCUT2D eigenvalue weighted by molar-refractivity contribution is -0.150. The number of piperazine rings is 1. The Labute approximate surface area is 218 Å². The Hall–Kier alpha value is -0.760. The van der Waals surface area contributed by atoms with Crippen molar-refractivity contribution in [2.45, 2.75) is 102 Å². The van der Waals surface area contributed by atoms with E-state index in [-0.39, 0.29) is 49.0 Å². The van der Waals surface area contributed by atoms with Gasteiger partial charge in [0.2, 0.25) is 0 Å². The Kier molecular flexibility index (Phi) is 13.3. The number of carbonyl (C=O) groups excluding carboxylic acids is 2. The van der Waals surface area contributed by atoms with Crippen LogP contribution in [0.15, 0.2) is 0 Å². The maximum Gasteiger partial charge on any atom is 0.317 e. The van der Waals surface area contributed by atoms with Gasteiger partial charge < -0.3 is 20.3 Å². The zero-order valence-electron chi connectivity index (χ0n) is 20.7. The SMILES string of the molecule is Cl.Cl.O=C(CCC1CCC(NC(=O)N2CCN(C3CCNCC3)CC2)CC1)OC1CCCCC1. The zero-order chi connectivity index (χ0) is 22.2. The van der Waals surface area contributed by atoms with Gasteiger partial charge in [-0.3, -0.25) is 9.69 Å². The highest BCUT2D eigenvalue weighted by atomic mass is 35.5. The van der Waals surface area contributed by atoms with Crippen LogP contribution in [-0.2, 0) is 9.53 Å². The predicted octanol–water partition coefficient (Wildman–Crippen LogP) is 4.12. The molecular weight excluding hydrogens is 475 g/mol. The van der Waals surface area contributed by atoms with Gasteiger partial charge >= 0.3 is 12.0 Å². The molecule has 2 heterocycles. The number of nitrogens with zero attached hydrogens (tertiary/aromatic N) is 2. The minimum Gasteiger partial charge on any atom is -0.462 e. The molecule has 2 aliphatic heterocycles. The average molecular weight is 522 g/mol. The monoisotopic (exact) mass is 520 g/mol. The number of hydrogen-bond acceptors (Lipinski definition) is 5. The fourth-order valence-electron chi connectivity index (χ4n) is 6.07. The minimum absolute atomic E-state index is 0. The van der Waals surface area contributed by atoms with E-state index < -0.39 is 0 Å². The second kappa shape index (κ2) is 15.4. The fraction of sp³-hybridized carbons (Fsp3) is 0.920. The van der Waals surface area contributed by atoms with Crippen LogP contribution >= 0.6 is 24.8 Å². The highest BCUT2D eigenvalue weighted by Crippen LogP contribution is 2.29. The van der Waals surface area contributed by atoms with Gasteiger partial charge in [0.25, 0.3) is 0 Å². The van der Waals surface area contributed by atoms with Crippen LogP contribution in [0.4, 0.5) is 4.79 Å². The van der Waals surface area contributed by atoms with E-state index in [1.54, 1.807) is 0 Å². The number of hydrogen-bond donors (Lipinski definition) is 2. The van der Waals surface area contributed by atoms with Gasteiger partial charge in [0.15, 0.2) is 0 Å². The Morgan fingerprint density at radius 1 is 0.824 bits per heavy atom. The molecule has 7 nitrogen and oxygen atoms in total. The predicted molar refractivity (Wildman–Crippen MR) is 140 cm³/mol. The topological polar surface area (TPSA) is 73.9 Å². The Morgan fingerprint density at radius 2 is 1.47 bits per heavy atom. The van der Waals surface area contributed by atoms with Crippen LogP contribution in [0, 0.1) is 5.92 Å². The standard InChI is InChI=1S/C25H44N4O3.2ClH/c30-24(32-23-4-2-1-3-5-23)11-8-20-6-9-21(10-7-20)27-25(31)29-18-16-28(17-19-29)22-12-14-26-15-13-22;;/h20-23,26H,1-19H2,(H,27,31);2*1H. The Morgan fingerprint density at radius 3 is 2.12 bits per heavy atom. The number of ether oxygens (including phenoxy) is 1. The molecule has 0 aromatic rings. The lowest BCUT2D eigenvalue weighted by atomic mass is 9.83. The summed E-state index contributed by atoms with van der Waals surface area (Å²) in [6, 6.07) is 1.10. The molecule has 0 atom stereocenters. The summed E-state index contributed by atoms with van der Waals surface area (Å²) in [7, 11) is 0. The van der Waals surface area contributed by atoms with Crippen molar-refractivity contribution in [1.82, 2.24) is 20.4 Å². The van der Waals surface area contributed by atoms with E-state index in [2.05, 4.69) is 15.5 Å². The summed E-state index contributed by atoms with van der Waals surface area (Å²) in [5.41, 5.74) is 0. The molecule has 0 radical (unpaired) electrons. The van der Waals surface area contributed by atoms with Gasteiger partial charge in [-0.1, -0.05) is 6.42 Å². The number of halogens is 2. The van der Waals surface area contributed by atoms with Crippen molar-refractivity contribution < 1.29 is 14.3 Å². The summed E-state index contributed by atoms with van der Waals surface area (Å²) in [4.78, 5) is 29.5. The number of esters is 1. The lowest BCUT2D eigenvalue weighted by Gasteiger charge is -2.41. The smallest absolute Gasteiger partial charge is 0.317 e. The third-order valence-electron chi connectivity index (χ3n) is 8.21. The van der Waals surface area contributed by atoms with Gasteiger partial charge in [0.1, 0.15) is 6.10 Å². The molecule has 0 spiro atoms. The van der Waals surface area contributed by atoms with Crippen molar-refractivity contribution in [1.29, 1.82) is 0 Å². The second-order valence-electron chi connectivity index (χ2n) is 10.5. The molecule has 198 valence electrons. The molecule has 34 heavy (non-hydrogen) atoms. The van der Waals surface area contributed by atoms with Crippen LogP contribution in [-0.4, -0.2) is 79.3 Å². The summed E-state index contributed by atoms with van der Waals surface area (Å²) >= 11 is 0. The van der Waals surface area contributed by atoms with Gasteiger partial charge in [0.05, 0.1) is 0 Å². The van der Waals surface area contributed by atoms with E-state index in [4.69, 9.17) is 4.74 Å². The van der Waals surface area contributed by atoms with Crippen molar-refractivity contribution >= 4 is 36.8 Å². The molecule has 4 rings (SSSR count). The first-order chi connectivity index (χ1) is 15.7. The molecule has 0 unspecified atom stereocenters. The first kappa shape index (κ1) is 29.5. The third kappa shape index (κ3) is 9.03. The molecule has 0 aromatic carbocycles. The van der Waals surface area contributed by atoms with Crippen LogP contribution in [0.5, 0.6) is 0 Å². The summed E-state index contributed by atoms with van der Waals surface area (Å²) in [5, 5.41) is 6.72. The molecule has 0 bridgehead atoms. The summed E-state index contributed by atoms with van der Waals surface area (Å²) < 4.78 is 5.66. The maximum absolute atomic E-state index is 12.8. The van der Waals surface area contributed by atoms with Crippen LogP contribution < -0.4 is 10.6 Å². The van der Waals surface area contributed by atoms with Crippen molar-refractivity contribution in [3.05, 3.63) is 0 Å². The van der Waals surface area contributed by atoms with Crippen LogP contribution in [0.25, 0.3) is 0 Å². The van der Waals surface area contributed by atoms with Gasteiger partial charge in [-0.25, -0.2) is 4.79 Å². The molecule has 9 heteroatoms. The fourth-order valence-corrected chi connectivity index (χ4v) is 6.07. The second-order valence-corrected chi connectivity index (χ2v) is 10.5. The summed E-state index contributed by atoms with van der Waals surface area (Å²) in [5.74, 6) is 0.589. The van der Waals surface area contributed by atoms with E-state index in [0.717, 1.165) is 84.2 Å². The third-order valence-corrected chi connectivity index (χ3v) is 8.21. The lowest BCUT2D eigenvalue weighted by Crippen LogP contribution is -2.56. The molecule has 2 N–H and O–H groups in total.